The number of hydrogen-bond donors (Lipinski definition) is 1. The van der Waals surface area contributed by atoms with Crippen molar-refractivity contribution < 1.29 is 4.92 Å². The van der Waals surface area contributed by atoms with Crippen molar-refractivity contribution in [1.82, 2.24) is 4.98 Å². The smallest absolute Gasteiger partial charge is 0.295 e. The predicted molar refractivity (Wildman–Crippen MR) is 79.9 cm³/mol. The van der Waals surface area contributed by atoms with Crippen LogP contribution in [0.5, 0.6) is 0 Å². The molecule has 1 aromatic heterocycles. The summed E-state index contributed by atoms with van der Waals surface area (Å²) in [4.78, 5) is 15.1. The first-order valence-corrected chi connectivity index (χ1v) is 6.64. The monoisotopic (exact) mass is 271 g/mol. The molecule has 2 aromatic rings. The molecule has 0 saturated carbocycles. The topological polar surface area (TPSA) is 68.1 Å². The molecule has 5 nitrogen and oxygen atoms in total. The fourth-order valence-electron chi connectivity index (χ4n) is 2.03. The molecule has 104 valence electrons. The Morgan fingerprint density at radius 1 is 1.25 bits per heavy atom. The van der Waals surface area contributed by atoms with E-state index in [1.807, 2.05) is 31.2 Å². The first kappa shape index (κ1) is 14.0. The van der Waals surface area contributed by atoms with E-state index in [9.17, 15) is 10.1 Å². The van der Waals surface area contributed by atoms with Crippen LogP contribution in [0.4, 0.5) is 11.5 Å². The summed E-state index contributed by atoms with van der Waals surface area (Å²) in [6.45, 7) is 4.73. The summed E-state index contributed by atoms with van der Waals surface area (Å²) >= 11 is 0. The average Bonchev–Trinajstić information content (AvgIpc) is 2.47. The van der Waals surface area contributed by atoms with E-state index < -0.39 is 4.92 Å². The predicted octanol–water partition coefficient (Wildman–Crippen LogP) is 3.65. The van der Waals surface area contributed by atoms with Crippen LogP contribution in [0.15, 0.2) is 36.4 Å². The maximum atomic E-state index is 11.2. The summed E-state index contributed by atoms with van der Waals surface area (Å²) in [5, 5.41) is 14.2. The summed E-state index contributed by atoms with van der Waals surface area (Å²) in [6.07, 6.45) is 0.883. The lowest BCUT2D eigenvalue weighted by atomic mass is 10.0. The second-order valence-corrected chi connectivity index (χ2v) is 4.41. The summed E-state index contributed by atoms with van der Waals surface area (Å²) < 4.78 is 0. The number of hydrogen-bond acceptors (Lipinski definition) is 4. The SMILES string of the molecule is CCNc1ccc([N+](=O)[O-])c(-c2cccc(CC)c2)n1. The molecule has 0 fully saturated rings. The summed E-state index contributed by atoms with van der Waals surface area (Å²) in [7, 11) is 0. The minimum atomic E-state index is -0.392. The number of pyridine rings is 1. The summed E-state index contributed by atoms with van der Waals surface area (Å²) in [5.74, 6) is 0.648. The van der Waals surface area contributed by atoms with E-state index in [1.165, 1.54) is 6.07 Å². The summed E-state index contributed by atoms with van der Waals surface area (Å²) in [6, 6.07) is 10.8. The molecule has 2 rings (SSSR count). The zero-order chi connectivity index (χ0) is 14.5. The lowest BCUT2D eigenvalue weighted by Gasteiger charge is -2.07. The third-order valence-electron chi connectivity index (χ3n) is 3.04. The van der Waals surface area contributed by atoms with Crippen LogP contribution in [0, 0.1) is 10.1 Å². The van der Waals surface area contributed by atoms with Gasteiger partial charge in [0.25, 0.3) is 5.69 Å². The number of nitrogens with one attached hydrogen (secondary N) is 1. The molecule has 0 amide bonds. The lowest BCUT2D eigenvalue weighted by Crippen LogP contribution is -2.02. The minimum absolute atomic E-state index is 0.0277. The van der Waals surface area contributed by atoms with E-state index >= 15 is 0 Å². The highest BCUT2D eigenvalue weighted by atomic mass is 16.6. The molecule has 0 atom stereocenters. The number of anilines is 1. The Balaban J connectivity index is 2.56. The van der Waals surface area contributed by atoms with E-state index in [0.29, 0.717) is 11.5 Å². The van der Waals surface area contributed by atoms with Gasteiger partial charge < -0.3 is 5.32 Å². The number of benzene rings is 1. The second-order valence-electron chi connectivity index (χ2n) is 4.41. The first-order valence-electron chi connectivity index (χ1n) is 6.64. The third kappa shape index (κ3) is 2.93. The zero-order valence-electron chi connectivity index (χ0n) is 11.6. The molecule has 0 aliphatic carbocycles. The van der Waals surface area contributed by atoms with Crippen molar-refractivity contribution in [2.45, 2.75) is 20.3 Å². The van der Waals surface area contributed by atoms with Gasteiger partial charge in [0.05, 0.1) is 4.92 Å². The van der Waals surface area contributed by atoms with Crippen molar-refractivity contribution in [2.24, 2.45) is 0 Å². The van der Waals surface area contributed by atoms with Gasteiger partial charge in [-0.1, -0.05) is 25.1 Å². The minimum Gasteiger partial charge on any atom is -0.370 e. The molecule has 1 aromatic carbocycles. The first-order chi connectivity index (χ1) is 9.65. The quantitative estimate of drug-likeness (QED) is 0.665. The normalized spacial score (nSPS) is 10.3. The molecule has 0 bridgehead atoms. The molecule has 0 radical (unpaired) electrons. The van der Waals surface area contributed by atoms with Gasteiger partial charge in [0.2, 0.25) is 0 Å². The van der Waals surface area contributed by atoms with Crippen LogP contribution in [0.1, 0.15) is 19.4 Å². The van der Waals surface area contributed by atoms with Crippen molar-refractivity contribution in [3.63, 3.8) is 0 Å². The standard InChI is InChI=1S/C15H17N3O2/c1-3-11-6-5-7-12(10-11)15-13(18(19)20)8-9-14(17-15)16-4-2/h5-10H,3-4H2,1-2H3,(H,16,17). The Kier molecular flexibility index (Phi) is 4.30. The summed E-state index contributed by atoms with van der Waals surface area (Å²) in [5.41, 5.74) is 2.34. The van der Waals surface area contributed by atoms with Gasteiger partial charge in [-0.3, -0.25) is 10.1 Å². The van der Waals surface area contributed by atoms with Crippen LogP contribution < -0.4 is 5.32 Å². The van der Waals surface area contributed by atoms with Crippen molar-refractivity contribution in [1.29, 1.82) is 0 Å². The molecule has 0 saturated heterocycles. The Morgan fingerprint density at radius 2 is 2.05 bits per heavy atom. The van der Waals surface area contributed by atoms with Gasteiger partial charge in [-0.05, 0) is 31.0 Å². The molecule has 0 spiro atoms. The van der Waals surface area contributed by atoms with Crippen molar-refractivity contribution in [2.75, 3.05) is 11.9 Å². The fraction of sp³-hybridized carbons (Fsp3) is 0.267. The average molecular weight is 271 g/mol. The molecule has 0 aliphatic rings. The van der Waals surface area contributed by atoms with E-state index in [4.69, 9.17) is 0 Å². The molecule has 5 heteroatoms. The maximum absolute atomic E-state index is 11.2. The van der Waals surface area contributed by atoms with Crippen LogP contribution in [-0.4, -0.2) is 16.5 Å². The van der Waals surface area contributed by atoms with Gasteiger partial charge in [-0.15, -0.1) is 0 Å². The molecule has 0 aliphatic heterocycles. The van der Waals surface area contributed by atoms with Gasteiger partial charge in [-0.25, -0.2) is 4.98 Å². The second kappa shape index (κ2) is 6.14. The maximum Gasteiger partial charge on any atom is 0.295 e. The van der Waals surface area contributed by atoms with Gasteiger partial charge in [0.1, 0.15) is 5.82 Å². The van der Waals surface area contributed by atoms with Crippen molar-refractivity contribution in [3.05, 3.63) is 52.1 Å². The van der Waals surface area contributed by atoms with Gasteiger partial charge in [-0.2, -0.15) is 0 Å². The number of aryl methyl sites for hydroxylation is 1. The van der Waals surface area contributed by atoms with E-state index in [-0.39, 0.29) is 5.69 Å². The fourth-order valence-corrected chi connectivity index (χ4v) is 2.03. The third-order valence-corrected chi connectivity index (χ3v) is 3.04. The molecule has 20 heavy (non-hydrogen) atoms. The van der Waals surface area contributed by atoms with Crippen LogP contribution in [0.25, 0.3) is 11.3 Å². The molecular weight excluding hydrogens is 254 g/mol. The van der Waals surface area contributed by atoms with Gasteiger partial charge >= 0.3 is 0 Å². The highest BCUT2D eigenvalue weighted by molar-refractivity contribution is 5.71. The number of nitrogens with zero attached hydrogens (tertiary/aromatic N) is 2. The van der Waals surface area contributed by atoms with E-state index in [1.54, 1.807) is 6.07 Å². The largest absolute Gasteiger partial charge is 0.370 e. The Hall–Kier alpha value is -2.43. The highest BCUT2D eigenvalue weighted by Crippen LogP contribution is 2.29. The van der Waals surface area contributed by atoms with Gasteiger partial charge in [0, 0.05) is 18.2 Å². The van der Waals surface area contributed by atoms with Crippen molar-refractivity contribution >= 4 is 11.5 Å². The molecular formula is C15H17N3O2. The van der Waals surface area contributed by atoms with Crippen LogP contribution in [0.3, 0.4) is 0 Å². The van der Waals surface area contributed by atoms with E-state index in [0.717, 1.165) is 24.1 Å². The zero-order valence-corrected chi connectivity index (χ0v) is 11.6. The Morgan fingerprint density at radius 3 is 2.70 bits per heavy atom. The molecule has 0 unspecified atom stereocenters. The lowest BCUT2D eigenvalue weighted by molar-refractivity contribution is -0.384. The molecule has 1 heterocycles. The van der Waals surface area contributed by atoms with Crippen LogP contribution in [0.2, 0.25) is 0 Å². The van der Waals surface area contributed by atoms with Crippen LogP contribution in [-0.2, 0) is 6.42 Å². The Bertz CT molecular complexity index is 626. The van der Waals surface area contributed by atoms with Crippen molar-refractivity contribution in [3.8, 4) is 11.3 Å². The van der Waals surface area contributed by atoms with Gasteiger partial charge in [0.15, 0.2) is 5.69 Å². The number of nitro groups is 1. The Labute approximate surface area is 117 Å². The van der Waals surface area contributed by atoms with E-state index in [2.05, 4.69) is 17.2 Å². The molecule has 1 N–H and O–H groups in total. The number of rotatable bonds is 5. The van der Waals surface area contributed by atoms with Crippen LogP contribution >= 0.6 is 0 Å². The highest BCUT2D eigenvalue weighted by Gasteiger charge is 2.17. The number of aromatic nitrogens is 1.